The predicted octanol–water partition coefficient (Wildman–Crippen LogP) is 0.227. The monoisotopic (exact) mass is 423 g/mol. The predicted molar refractivity (Wildman–Crippen MR) is 108 cm³/mol. The van der Waals surface area contributed by atoms with Gasteiger partial charge in [-0.25, -0.2) is 4.79 Å². The normalized spacial score (nSPS) is 13.9. The number of aromatic hydroxyl groups is 1. The molecule has 0 spiro atoms. The van der Waals surface area contributed by atoms with Gasteiger partial charge in [-0.2, -0.15) is 0 Å². The zero-order chi connectivity index (χ0) is 22.8. The number of carboxylic acid groups (broad SMARTS) is 2. The van der Waals surface area contributed by atoms with Crippen LogP contribution in [0.1, 0.15) is 38.7 Å². The number of phenols is 1. The van der Waals surface area contributed by atoms with Gasteiger partial charge in [0.2, 0.25) is 11.8 Å². The lowest BCUT2D eigenvalue weighted by Gasteiger charge is -2.23. The smallest absolute Gasteiger partial charge is 0.326 e. The molecule has 0 aliphatic carbocycles. The van der Waals surface area contributed by atoms with Crippen LogP contribution >= 0.6 is 0 Å². The maximum atomic E-state index is 12.6. The standard InChI is InChI=1S/C20H29N3O7/c1-11(2)9-16(20(29)30)23-19(28)15(7-8-17(25)26)22-18(27)14(21)10-12-3-5-13(24)6-4-12/h3-6,11,14-16,24H,7-10,21H2,1-2H3,(H,22,27)(H,23,28)(H,25,26)(H,29,30). The van der Waals surface area contributed by atoms with Gasteiger partial charge in [-0.15, -0.1) is 0 Å². The minimum atomic E-state index is -1.24. The molecular weight excluding hydrogens is 394 g/mol. The molecule has 0 aliphatic rings. The van der Waals surface area contributed by atoms with Crippen LogP contribution in [-0.4, -0.2) is 57.2 Å². The number of hydrogen-bond acceptors (Lipinski definition) is 6. The summed E-state index contributed by atoms with van der Waals surface area (Å²) in [5, 5.41) is 32.3. The number of nitrogens with one attached hydrogen (secondary N) is 2. The van der Waals surface area contributed by atoms with Crippen LogP contribution < -0.4 is 16.4 Å². The SMILES string of the molecule is CC(C)CC(NC(=O)C(CCC(=O)O)NC(=O)C(N)Cc1ccc(O)cc1)C(=O)O. The Balaban J connectivity index is 2.83. The van der Waals surface area contributed by atoms with E-state index in [1.165, 1.54) is 12.1 Å². The lowest BCUT2D eigenvalue weighted by atomic mass is 10.0. The lowest BCUT2D eigenvalue weighted by molar-refractivity contribution is -0.143. The van der Waals surface area contributed by atoms with Crippen molar-refractivity contribution < 1.29 is 34.5 Å². The number of phenolic OH excluding ortho intramolecular Hbond substituents is 1. The Kier molecular flexibility index (Phi) is 9.76. The van der Waals surface area contributed by atoms with E-state index in [2.05, 4.69) is 10.6 Å². The van der Waals surface area contributed by atoms with E-state index in [0.29, 0.717) is 5.56 Å². The number of carboxylic acids is 2. The highest BCUT2D eigenvalue weighted by Gasteiger charge is 2.28. The van der Waals surface area contributed by atoms with Crippen LogP contribution in [0.25, 0.3) is 0 Å². The molecule has 0 bridgehead atoms. The van der Waals surface area contributed by atoms with Gasteiger partial charge >= 0.3 is 11.9 Å². The molecule has 0 saturated carbocycles. The first-order valence-corrected chi connectivity index (χ1v) is 9.58. The molecule has 10 nitrogen and oxygen atoms in total. The van der Waals surface area contributed by atoms with Crippen LogP contribution in [0, 0.1) is 5.92 Å². The molecule has 3 unspecified atom stereocenters. The summed E-state index contributed by atoms with van der Waals surface area (Å²) in [4.78, 5) is 47.3. The molecule has 1 aromatic rings. The minimum absolute atomic E-state index is 0.00260. The lowest BCUT2D eigenvalue weighted by Crippen LogP contribution is -2.55. The zero-order valence-electron chi connectivity index (χ0n) is 17.0. The molecule has 0 saturated heterocycles. The van der Waals surface area contributed by atoms with Gasteiger partial charge in [-0.1, -0.05) is 26.0 Å². The molecule has 7 N–H and O–H groups in total. The van der Waals surface area contributed by atoms with Crippen LogP contribution in [0.15, 0.2) is 24.3 Å². The summed E-state index contributed by atoms with van der Waals surface area (Å²) >= 11 is 0. The van der Waals surface area contributed by atoms with Crippen molar-refractivity contribution in [3.05, 3.63) is 29.8 Å². The molecule has 1 aromatic carbocycles. The third-order valence-corrected chi connectivity index (χ3v) is 4.33. The molecule has 166 valence electrons. The molecule has 2 amide bonds. The van der Waals surface area contributed by atoms with Gasteiger partial charge < -0.3 is 31.7 Å². The summed E-state index contributed by atoms with van der Waals surface area (Å²) in [6.45, 7) is 3.60. The van der Waals surface area contributed by atoms with Crippen molar-refractivity contribution in [3.63, 3.8) is 0 Å². The number of carbonyl (C=O) groups excluding carboxylic acids is 2. The van der Waals surface area contributed by atoms with E-state index < -0.39 is 48.3 Å². The van der Waals surface area contributed by atoms with Gasteiger partial charge in [0.05, 0.1) is 6.04 Å². The Morgan fingerprint density at radius 2 is 1.53 bits per heavy atom. The molecule has 0 fully saturated rings. The van der Waals surface area contributed by atoms with E-state index in [9.17, 15) is 29.4 Å². The molecule has 0 heterocycles. The fraction of sp³-hybridized carbons (Fsp3) is 0.500. The van der Waals surface area contributed by atoms with E-state index in [1.807, 2.05) is 0 Å². The summed E-state index contributed by atoms with van der Waals surface area (Å²) in [6.07, 6.45) is -0.300. The van der Waals surface area contributed by atoms with E-state index in [1.54, 1.807) is 26.0 Å². The van der Waals surface area contributed by atoms with Gasteiger partial charge in [0.15, 0.2) is 0 Å². The summed E-state index contributed by atoms with van der Waals surface area (Å²) in [7, 11) is 0. The molecular formula is C20H29N3O7. The molecule has 10 heteroatoms. The van der Waals surface area contributed by atoms with Gasteiger partial charge in [-0.05, 0) is 42.9 Å². The van der Waals surface area contributed by atoms with Gasteiger partial charge in [0.25, 0.3) is 0 Å². The highest BCUT2D eigenvalue weighted by molar-refractivity contribution is 5.92. The third-order valence-electron chi connectivity index (χ3n) is 4.33. The van der Waals surface area contributed by atoms with Crippen LogP contribution in [0.3, 0.4) is 0 Å². The zero-order valence-corrected chi connectivity index (χ0v) is 17.0. The van der Waals surface area contributed by atoms with Gasteiger partial charge in [0.1, 0.15) is 17.8 Å². The van der Waals surface area contributed by atoms with Crippen molar-refractivity contribution in [2.24, 2.45) is 11.7 Å². The van der Waals surface area contributed by atoms with E-state index in [4.69, 9.17) is 10.8 Å². The number of aliphatic carboxylic acids is 2. The topological polar surface area (TPSA) is 179 Å². The van der Waals surface area contributed by atoms with Crippen molar-refractivity contribution in [2.75, 3.05) is 0 Å². The Morgan fingerprint density at radius 1 is 0.967 bits per heavy atom. The average molecular weight is 423 g/mol. The molecule has 0 aromatic heterocycles. The van der Waals surface area contributed by atoms with E-state index in [-0.39, 0.29) is 30.9 Å². The highest BCUT2D eigenvalue weighted by Crippen LogP contribution is 2.11. The molecule has 1 rings (SSSR count). The second-order valence-electron chi connectivity index (χ2n) is 7.50. The van der Waals surface area contributed by atoms with Crippen LogP contribution in [0.5, 0.6) is 5.75 Å². The van der Waals surface area contributed by atoms with Crippen LogP contribution in [0.4, 0.5) is 0 Å². The van der Waals surface area contributed by atoms with Crippen LogP contribution in [-0.2, 0) is 25.6 Å². The summed E-state index contributed by atoms with van der Waals surface area (Å²) < 4.78 is 0. The van der Waals surface area contributed by atoms with Crippen molar-refractivity contribution >= 4 is 23.8 Å². The second kappa shape index (κ2) is 11.8. The second-order valence-corrected chi connectivity index (χ2v) is 7.50. The fourth-order valence-electron chi connectivity index (χ4n) is 2.76. The fourth-order valence-corrected chi connectivity index (χ4v) is 2.76. The number of hydrogen-bond donors (Lipinski definition) is 6. The van der Waals surface area contributed by atoms with E-state index >= 15 is 0 Å². The Bertz CT molecular complexity index is 749. The number of carbonyl (C=O) groups is 4. The highest BCUT2D eigenvalue weighted by atomic mass is 16.4. The summed E-state index contributed by atoms with van der Waals surface area (Å²) in [5.74, 6) is -3.77. The summed E-state index contributed by atoms with van der Waals surface area (Å²) in [6, 6.07) is 2.66. The molecule has 0 radical (unpaired) electrons. The van der Waals surface area contributed by atoms with Crippen molar-refractivity contribution in [3.8, 4) is 5.75 Å². The van der Waals surface area contributed by atoms with Crippen LogP contribution in [0.2, 0.25) is 0 Å². The maximum absolute atomic E-state index is 12.6. The third kappa shape index (κ3) is 8.91. The number of rotatable bonds is 12. The largest absolute Gasteiger partial charge is 0.508 e. The maximum Gasteiger partial charge on any atom is 0.326 e. The first-order chi connectivity index (χ1) is 14.0. The van der Waals surface area contributed by atoms with Gasteiger partial charge in [0, 0.05) is 6.42 Å². The number of benzene rings is 1. The average Bonchev–Trinajstić information content (AvgIpc) is 2.65. The molecule has 30 heavy (non-hydrogen) atoms. The first kappa shape index (κ1) is 24.9. The van der Waals surface area contributed by atoms with Gasteiger partial charge in [-0.3, -0.25) is 14.4 Å². The van der Waals surface area contributed by atoms with E-state index in [0.717, 1.165) is 0 Å². The molecule has 0 aliphatic heterocycles. The first-order valence-electron chi connectivity index (χ1n) is 9.58. The Labute approximate surface area is 174 Å². The Hall–Kier alpha value is -3.14. The number of amides is 2. The minimum Gasteiger partial charge on any atom is -0.508 e. The number of nitrogens with two attached hydrogens (primary N) is 1. The molecule has 3 atom stereocenters. The van der Waals surface area contributed by atoms with Crippen molar-refractivity contribution in [1.29, 1.82) is 0 Å². The Morgan fingerprint density at radius 3 is 2.03 bits per heavy atom. The summed E-state index contributed by atoms with van der Waals surface area (Å²) in [5.41, 5.74) is 6.58. The van der Waals surface area contributed by atoms with Crippen molar-refractivity contribution in [2.45, 2.75) is 57.7 Å². The quantitative estimate of drug-likeness (QED) is 0.276. The van der Waals surface area contributed by atoms with Crippen molar-refractivity contribution in [1.82, 2.24) is 10.6 Å².